The average molecular weight is 354 g/mol. The van der Waals surface area contributed by atoms with Crippen molar-refractivity contribution >= 4 is 29.1 Å². The van der Waals surface area contributed by atoms with Crippen LogP contribution in [0.15, 0.2) is 52.2 Å². The molecule has 3 amide bonds. The Morgan fingerprint density at radius 3 is 2.69 bits per heavy atom. The van der Waals surface area contributed by atoms with Crippen molar-refractivity contribution in [3.8, 4) is 0 Å². The zero-order chi connectivity index (χ0) is 18.5. The van der Waals surface area contributed by atoms with Crippen molar-refractivity contribution in [1.29, 1.82) is 0 Å². The van der Waals surface area contributed by atoms with Crippen molar-refractivity contribution in [2.24, 2.45) is 5.10 Å². The van der Waals surface area contributed by atoms with Gasteiger partial charge in [0, 0.05) is 19.9 Å². The quantitative estimate of drug-likeness (QED) is 0.853. The third kappa shape index (κ3) is 3.97. The van der Waals surface area contributed by atoms with Gasteiger partial charge >= 0.3 is 0 Å². The summed E-state index contributed by atoms with van der Waals surface area (Å²) < 4.78 is 5.18. The van der Waals surface area contributed by atoms with Gasteiger partial charge in [-0.3, -0.25) is 14.4 Å². The third-order valence-corrected chi connectivity index (χ3v) is 3.89. The lowest BCUT2D eigenvalue weighted by molar-refractivity contribution is -0.130. The molecule has 1 aliphatic heterocycles. The van der Waals surface area contributed by atoms with Crippen LogP contribution in [0.5, 0.6) is 0 Å². The van der Waals surface area contributed by atoms with Gasteiger partial charge in [-0.15, -0.1) is 0 Å². The van der Waals surface area contributed by atoms with Gasteiger partial charge in [0.2, 0.25) is 5.91 Å². The molecule has 8 nitrogen and oxygen atoms in total. The normalized spacial score (nSPS) is 14.0. The summed E-state index contributed by atoms with van der Waals surface area (Å²) in [6.45, 7) is 0.244. The second-order valence-corrected chi connectivity index (χ2v) is 5.73. The van der Waals surface area contributed by atoms with Crippen LogP contribution in [0.1, 0.15) is 29.0 Å². The van der Waals surface area contributed by atoms with E-state index in [0.29, 0.717) is 17.0 Å². The lowest BCUT2D eigenvalue weighted by Gasteiger charge is -2.19. The lowest BCUT2D eigenvalue weighted by atomic mass is 10.1. The maximum absolute atomic E-state index is 12.4. The van der Waals surface area contributed by atoms with Crippen molar-refractivity contribution < 1.29 is 18.8 Å². The van der Waals surface area contributed by atoms with Crippen molar-refractivity contribution in [1.82, 2.24) is 10.3 Å². The fourth-order valence-corrected chi connectivity index (χ4v) is 2.49. The molecule has 134 valence electrons. The SMILES string of the molecule is CN1N=C(C(=O)Nc2ccccc2C(=O)NCc2ccco2)CCC1=O. The number of hydrazone groups is 1. The van der Waals surface area contributed by atoms with Gasteiger partial charge in [-0.25, -0.2) is 5.01 Å². The van der Waals surface area contributed by atoms with E-state index in [0.717, 1.165) is 5.01 Å². The first-order valence-corrected chi connectivity index (χ1v) is 8.09. The second kappa shape index (κ2) is 7.64. The minimum atomic E-state index is -0.435. The van der Waals surface area contributed by atoms with Gasteiger partial charge in [-0.1, -0.05) is 12.1 Å². The molecule has 3 rings (SSSR count). The summed E-state index contributed by atoms with van der Waals surface area (Å²) in [6, 6.07) is 10.2. The minimum Gasteiger partial charge on any atom is -0.467 e. The number of anilines is 1. The van der Waals surface area contributed by atoms with Gasteiger partial charge in [0.05, 0.1) is 24.1 Å². The monoisotopic (exact) mass is 354 g/mol. The number of nitrogens with one attached hydrogen (secondary N) is 2. The fourth-order valence-electron chi connectivity index (χ4n) is 2.49. The number of hydrogen-bond donors (Lipinski definition) is 2. The number of hydrogen-bond acceptors (Lipinski definition) is 5. The van der Waals surface area contributed by atoms with Crippen LogP contribution >= 0.6 is 0 Å². The smallest absolute Gasteiger partial charge is 0.271 e. The van der Waals surface area contributed by atoms with Crippen LogP contribution in [0.2, 0.25) is 0 Å². The van der Waals surface area contributed by atoms with Crippen molar-refractivity contribution in [3.63, 3.8) is 0 Å². The first-order valence-electron chi connectivity index (χ1n) is 8.09. The molecule has 0 spiro atoms. The van der Waals surface area contributed by atoms with E-state index in [1.54, 1.807) is 36.4 Å². The molecule has 0 saturated carbocycles. The molecule has 0 radical (unpaired) electrons. The summed E-state index contributed by atoms with van der Waals surface area (Å²) in [5, 5.41) is 10.6. The molecule has 1 aromatic heterocycles. The van der Waals surface area contributed by atoms with E-state index in [1.165, 1.54) is 13.3 Å². The predicted octanol–water partition coefficient (Wildman–Crippen LogP) is 1.76. The van der Waals surface area contributed by atoms with E-state index >= 15 is 0 Å². The van der Waals surface area contributed by atoms with Crippen LogP contribution in [0.4, 0.5) is 5.69 Å². The molecule has 1 aromatic carbocycles. The van der Waals surface area contributed by atoms with E-state index in [-0.39, 0.29) is 36.9 Å². The number of furan rings is 1. The molecule has 1 aliphatic rings. The van der Waals surface area contributed by atoms with E-state index in [9.17, 15) is 14.4 Å². The van der Waals surface area contributed by atoms with Crippen LogP contribution in [-0.4, -0.2) is 35.5 Å². The highest BCUT2D eigenvalue weighted by Crippen LogP contribution is 2.17. The van der Waals surface area contributed by atoms with E-state index in [4.69, 9.17) is 4.42 Å². The maximum atomic E-state index is 12.4. The number of rotatable bonds is 5. The van der Waals surface area contributed by atoms with Crippen molar-refractivity contribution in [2.75, 3.05) is 12.4 Å². The Morgan fingerprint density at radius 1 is 1.15 bits per heavy atom. The predicted molar refractivity (Wildman–Crippen MR) is 94.4 cm³/mol. The number of carbonyl (C=O) groups excluding carboxylic acids is 3. The van der Waals surface area contributed by atoms with Gasteiger partial charge in [0.1, 0.15) is 11.5 Å². The fraction of sp³-hybridized carbons (Fsp3) is 0.222. The van der Waals surface area contributed by atoms with Crippen LogP contribution in [0, 0.1) is 0 Å². The van der Waals surface area contributed by atoms with Crippen LogP contribution in [-0.2, 0) is 16.1 Å². The first kappa shape index (κ1) is 17.4. The van der Waals surface area contributed by atoms with E-state index < -0.39 is 5.91 Å². The highest BCUT2D eigenvalue weighted by molar-refractivity contribution is 6.43. The summed E-state index contributed by atoms with van der Waals surface area (Å²) in [5.41, 5.74) is 0.947. The van der Waals surface area contributed by atoms with Crippen LogP contribution in [0.25, 0.3) is 0 Å². The van der Waals surface area contributed by atoms with Crippen LogP contribution < -0.4 is 10.6 Å². The highest BCUT2D eigenvalue weighted by atomic mass is 16.3. The lowest BCUT2D eigenvalue weighted by Crippen LogP contribution is -2.34. The summed E-state index contributed by atoms with van der Waals surface area (Å²) in [4.78, 5) is 36.3. The molecule has 0 bridgehead atoms. The maximum Gasteiger partial charge on any atom is 0.271 e. The molecule has 2 heterocycles. The molecule has 26 heavy (non-hydrogen) atoms. The molecular formula is C18H18N4O4. The Morgan fingerprint density at radius 2 is 1.96 bits per heavy atom. The Labute approximate surface area is 149 Å². The molecule has 8 heteroatoms. The Kier molecular flexibility index (Phi) is 5.12. The van der Waals surface area contributed by atoms with E-state index in [2.05, 4.69) is 15.7 Å². The summed E-state index contributed by atoms with van der Waals surface area (Å²) >= 11 is 0. The number of amides is 3. The zero-order valence-corrected chi connectivity index (χ0v) is 14.2. The molecule has 2 aromatic rings. The Balaban J connectivity index is 1.70. The number of para-hydroxylation sites is 1. The zero-order valence-electron chi connectivity index (χ0n) is 14.2. The largest absolute Gasteiger partial charge is 0.467 e. The van der Waals surface area contributed by atoms with Crippen LogP contribution in [0.3, 0.4) is 0 Å². The molecular weight excluding hydrogens is 336 g/mol. The van der Waals surface area contributed by atoms with E-state index in [1.807, 2.05) is 0 Å². The topological polar surface area (TPSA) is 104 Å². The molecule has 2 N–H and O–H groups in total. The van der Waals surface area contributed by atoms with Gasteiger partial charge < -0.3 is 15.1 Å². The summed E-state index contributed by atoms with van der Waals surface area (Å²) in [7, 11) is 1.50. The standard InChI is InChI=1S/C18H18N4O4/c1-22-16(23)9-8-15(21-22)18(25)20-14-7-3-2-6-13(14)17(24)19-11-12-5-4-10-26-12/h2-7,10H,8-9,11H2,1H3,(H,19,24)(H,20,25). The molecule has 0 unspecified atom stereocenters. The molecule has 0 saturated heterocycles. The molecule has 0 fully saturated rings. The Hall–Kier alpha value is -3.42. The van der Waals surface area contributed by atoms with Gasteiger partial charge in [-0.2, -0.15) is 5.10 Å². The number of benzene rings is 1. The summed E-state index contributed by atoms with van der Waals surface area (Å²) in [5.74, 6) is -0.283. The Bertz CT molecular complexity index is 858. The highest BCUT2D eigenvalue weighted by Gasteiger charge is 2.23. The third-order valence-electron chi connectivity index (χ3n) is 3.89. The number of carbonyl (C=O) groups is 3. The molecule has 0 aliphatic carbocycles. The summed E-state index contributed by atoms with van der Waals surface area (Å²) in [6.07, 6.45) is 2.03. The van der Waals surface area contributed by atoms with Gasteiger partial charge in [0.15, 0.2) is 0 Å². The number of nitrogens with zero attached hydrogens (tertiary/aromatic N) is 2. The molecule has 0 atom stereocenters. The first-order chi connectivity index (χ1) is 12.5. The van der Waals surface area contributed by atoms with Gasteiger partial charge in [0.25, 0.3) is 11.8 Å². The minimum absolute atomic E-state index is 0.140. The van der Waals surface area contributed by atoms with Crippen molar-refractivity contribution in [3.05, 3.63) is 54.0 Å². The second-order valence-electron chi connectivity index (χ2n) is 5.73. The van der Waals surface area contributed by atoms with Gasteiger partial charge in [-0.05, 0) is 24.3 Å². The average Bonchev–Trinajstić information content (AvgIpc) is 3.16. The van der Waals surface area contributed by atoms with Crippen molar-refractivity contribution in [2.45, 2.75) is 19.4 Å².